The van der Waals surface area contributed by atoms with Crippen molar-refractivity contribution >= 4 is 23.3 Å². The van der Waals surface area contributed by atoms with Crippen LogP contribution in [-0.2, 0) is 0 Å². The van der Waals surface area contributed by atoms with Crippen LogP contribution < -0.4 is 5.56 Å². The largest absolute Gasteiger partial charge is 0.373 e. The maximum Gasteiger partial charge on any atom is 0.290 e. The van der Waals surface area contributed by atoms with Gasteiger partial charge in [-0.2, -0.15) is 11.3 Å². The molecule has 0 amide bonds. The first-order chi connectivity index (χ1) is 7.66. The third-order valence-electron chi connectivity index (χ3n) is 1.92. The van der Waals surface area contributed by atoms with Crippen molar-refractivity contribution in [1.29, 1.82) is 0 Å². The van der Waals surface area contributed by atoms with Gasteiger partial charge in [0.05, 0.1) is 0 Å². The highest BCUT2D eigenvalue weighted by molar-refractivity contribution is 7.08. The van der Waals surface area contributed by atoms with E-state index < -0.39 is 11.5 Å². The summed E-state index contributed by atoms with van der Waals surface area (Å²) in [5, 5.41) is 3.81. The standard InChI is InChI=1S/C11H9NO3S/c1-8-6-11(14)12(15-8)10(13)3-2-9-4-5-16-7-9/h2-7H,1H3/b3-2+. The molecule has 0 unspecified atom stereocenters. The van der Waals surface area contributed by atoms with E-state index in [-0.39, 0.29) is 0 Å². The van der Waals surface area contributed by atoms with Gasteiger partial charge < -0.3 is 4.52 Å². The molecule has 0 fully saturated rings. The van der Waals surface area contributed by atoms with Crippen LogP contribution in [0.5, 0.6) is 0 Å². The first-order valence-corrected chi connectivity index (χ1v) is 5.56. The van der Waals surface area contributed by atoms with Crippen molar-refractivity contribution in [2.75, 3.05) is 0 Å². The lowest BCUT2D eigenvalue weighted by Crippen LogP contribution is -2.19. The van der Waals surface area contributed by atoms with E-state index in [9.17, 15) is 9.59 Å². The number of rotatable bonds is 2. The molecule has 0 saturated carbocycles. The summed E-state index contributed by atoms with van der Waals surface area (Å²) in [6, 6.07) is 3.15. The summed E-state index contributed by atoms with van der Waals surface area (Å²) in [6.45, 7) is 1.62. The molecule has 4 nitrogen and oxygen atoms in total. The fourth-order valence-electron chi connectivity index (χ4n) is 1.21. The summed E-state index contributed by atoms with van der Waals surface area (Å²) < 4.78 is 5.69. The highest BCUT2D eigenvalue weighted by atomic mass is 32.1. The summed E-state index contributed by atoms with van der Waals surface area (Å²) in [5.41, 5.74) is 0.479. The molecule has 0 aliphatic heterocycles. The van der Waals surface area contributed by atoms with Gasteiger partial charge in [-0.05, 0) is 35.4 Å². The number of thiophene rings is 1. The molecule has 16 heavy (non-hydrogen) atoms. The van der Waals surface area contributed by atoms with Gasteiger partial charge in [-0.25, -0.2) is 0 Å². The van der Waals surface area contributed by atoms with E-state index in [0.29, 0.717) is 5.76 Å². The zero-order chi connectivity index (χ0) is 11.5. The van der Waals surface area contributed by atoms with Crippen molar-refractivity contribution in [2.24, 2.45) is 0 Å². The molecule has 0 saturated heterocycles. The molecule has 2 aromatic rings. The van der Waals surface area contributed by atoms with E-state index in [0.717, 1.165) is 10.3 Å². The van der Waals surface area contributed by atoms with Crippen LogP contribution in [0, 0.1) is 6.92 Å². The van der Waals surface area contributed by atoms with Gasteiger partial charge in [0.1, 0.15) is 5.76 Å². The molecule has 0 bridgehead atoms. The SMILES string of the molecule is Cc1cc(=O)n(C(=O)/C=C/c2ccsc2)o1. The second-order valence-electron chi connectivity index (χ2n) is 3.21. The van der Waals surface area contributed by atoms with Gasteiger partial charge in [0.25, 0.3) is 11.5 Å². The number of aromatic nitrogens is 1. The van der Waals surface area contributed by atoms with Gasteiger partial charge in [0, 0.05) is 12.1 Å². The van der Waals surface area contributed by atoms with E-state index in [1.165, 1.54) is 23.5 Å². The van der Waals surface area contributed by atoms with Gasteiger partial charge >= 0.3 is 0 Å². The van der Waals surface area contributed by atoms with Gasteiger partial charge in [0.2, 0.25) is 0 Å². The minimum absolute atomic E-state index is 0.419. The summed E-state index contributed by atoms with van der Waals surface area (Å²) in [7, 11) is 0. The molecule has 0 spiro atoms. The molecule has 0 aromatic carbocycles. The Labute approximate surface area is 95.4 Å². The minimum Gasteiger partial charge on any atom is -0.373 e. The first-order valence-electron chi connectivity index (χ1n) is 4.61. The Hall–Kier alpha value is -1.88. The Morgan fingerprint density at radius 1 is 1.56 bits per heavy atom. The third kappa shape index (κ3) is 2.20. The molecule has 0 N–H and O–H groups in total. The lowest BCUT2D eigenvalue weighted by Gasteiger charge is -1.91. The van der Waals surface area contributed by atoms with E-state index in [4.69, 9.17) is 4.52 Å². The number of carbonyl (C=O) groups is 1. The zero-order valence-corrected chi connectivity index (χ0v) is 9.36. The van der Waals surface area contributed by atoms with Crippen LogP contribution in [0.25, 0.3) is 6.08 Å². The van der Waals surface area contributed by atoms with Crippen molar-refractivity contribution < 1.29 is 9.32 Å². The van der Waals surface area contributed by atoms with E-state index >= 15 is 0 Å². The second kappa shape index (κ2) is 4.32. The number of allylic oxidation sites excluding steroid dienone is 1. The molecule has 0 radical (unpaired) electrons. The number of nitrogens with zero attached hydrogens (tertiary/aromatic N) is 1. The molecule has 0 aliphatic rings. The van der Waals surface area contributed by atoms with Crippen LogP contribution in [0.1, 0.15) is 16.1 Å². The minimum atomic E-state index is -0.482. The van der Waals surface area contributed by atoms with Gasteiger partial charge in [-0.1, -0.05) is 4.74 Å². The predicted molar refractivity (Wildman–Crippen MR) is 61.7 cm³/mol. The van der Waals surface area contributed by atoms with Gasteiger partial charge in [-0.3, -0.25) is 9.59 Å². The molecule has 2 aromatic heterocycles. The van der Waals surface area contributed by atoms with Crippen LogP contribution >= 0.6 is 11.3 Å². The van der Waals surface area contributed by atoms with Crippen LogP contribution in [0.2, 0.25) is 0 Å². The highest BCUT2D eigenvalue weighted by Gasteiger charge is 2.07. The van der Waals surface area contributed by atoms with E-state index in [1.807, 2.05) is 16.8 Å². The Balaban J connectivity index is 2.21. The van der Waals surface area contributed by atoms with Crippen LogP contribution in [-0.4, -0.2) is 10.6 Å². The van der Waals surface area contributed by atoms with Crippen LogP contribution in [0.4, 0.5) is 0 Å². The van der Waals surface area contributed by atoms with Gasteiger partial charge in [-0.15, -0.1) is 0 Å². The van der Waals surface area contributed by atoms with E-state index in [1.54, 1.807) is 13.0 Å². The molecule has 0 atom stereocenters. The van der Waals surface area contributed by atoms with Crippen molar-refractivity contribution in [2.45, 2.75) is 6.92 Å². The normalized spacial score (nSPS) is 11.1. The molecular weight excluding hydrogens is 226 g/mol. The maximum absolute atomic E-state index is 11.6. The van der Waals surface area contributed by atoms with Crippen LogP contribution in [0.15, 0.2) is 38.3 Å². The summed E-state index contributed by atoms with van der Waals surface area (Å²) >= 11 is 1.54. The quantitative estimate of drug-likeness (QED) is 0.749. The van der Waals surface area contributed by atoms with Crippen molar-refractivity contribution in [3.8, 4) is 0 Å². The number of hydrogen-bond acceptors (Lipinski definition) is 4. The molecule has 82 valence electrons. The molecule has 5 heteroatoms. The maximum atomic E-state index is 11.6. The molecule has 2 heterocycles. The third-order valence-corrected chi connectivity index (χ3v) is 2.63. The topological polar surface area (TPSA) is 52.2 Å². The predicted octanol–water partition coefficient (Wildman–Crippen LogP) is 2.16. The van der Waals surface area contributed by atoms with Crippen LogP contribution in [0.3, 0.4) is 0 Å². The summed E-state index contributed by atoms with van der Waals surface area (Å²) in [4.78, 5) is 22.8. The molecular formula is C11H9NO3S. The number of hydrogen-bond donors (Lipinski definition) is 0. The lowest BCUT2D eigenvalue weighted by atomic mass is 10.3. The summed E-state index contributed by atoms with van der Waals surface area (Å²) in [6.07, 6.45) is 2.95. The fourth-order valence-corrected chi connectivity index (χ4v) is 1.84. The highest BCUT2D eigenvalue weighted by Crippen LogP contribution is 2.07. The second-order valence-corrected chi connectivity index (χ2v) is 3.99. The smallest absolute Gasteiger partial charge is 0.290 e. The number of aryl methyl sites for hydroxylation is 1. The molecule has 0 aliphatic carbocycles. The molecule has 2 rings (SSSR count). The Bertz CT molecular complexity index is 575. The van der Waals surface area contributed by atoms with Gasteiger partial charge in [0.15, 0.2) is 0 Å². The van der Waals surface area contributed by atoms with E-state index in [2.05, 4.69) is 0 Å². The Morgan fingerprint density at radius 3 is 2.94 bits per heavy atom. The van der Waals surface area contributed by atoms with Crippen molar-refractivity contribution in [1.82, 2.24) is 4.74 Å². The number of carbonyl (C=O) groups excluding carboxylic acids is 1. The Kier molecular flexibility index (Phi) is 2.87. The first kappa shape index (κ1) is 10.6. The average Bonchev–Trinajstić information content (AvgIpc) is 2.84. The van der Waals surface area contributed by atoms with Crippen molar-refractivity contribution in [3.63, 3.8) is 0 Å². The average molecular weight is 235 g/mol. The summed E-state index contributed by atoms with van der Waals surface area (Å²) in [5.74, 6) is -0.0633. The monoisotopic (exact) mass is 235 g/mol. The zero-order valence-electron chi connectivity index (χ0n) is 8.54. The fraction of sp³-hybridized carbons (Fsp3) is 0.0909. The Morgan fingerprint density at radius 2 is 2.38 bits per heavy atom. The van der Waals surface area contributed by atoms with Crippen molar-refractivity contribution in [3.05, 3.63) is 50.6 Å². The lowest BCUT2D eigenvalue weighted by molar-refractivity contribution is 0.0845.